The van der Waals surface area contributed by atoms with Gasteiger partial charge >= 0.3 is 0 Å². The molecule has 2 N–H and O–H groups in total. The lowest BCUT2D eigenvalue weighted by molar-refractivity contribution is 0.0342. The zero-order chi connectivity index (χ0) is 15.9. The Morgan fingerprint density at radius 3 is 2.35 bits per heavy atom. The molecule has 3 rings (SSSR count). The molecule has 0 atom stereocenters. The summed E-state index contributed by atoms with van der Waals surface area (Å²) in [7, 11) is 0. The SMILES string of the molecule is Oc1cccc(CNCc2ccc(CN3CCOCC3)cc2)c1. The summed E-state index contributed by atoms with van der Waals surface area (Å²) in [4.78, 5) is 2.43. The lowest BCUT2D eigenvalue weighted by Gasteiger charge is -2.26. The van der Waals surface area contributed by atoms with E-state index in [1.54, 1.807) is 12.1 Å². The zero-order valence-electron chi connectivity index (χ0n) is 13.4. The van der Waals surface area contributed by atoms with Crippen LogP contribution in [0.15, 0.2) is 48.5 Å². The van der Waals surface area contributed by atoms with Gasteiger partial charge < -0.3 is 15.2 Å². The predicted molar refractivity (Wildman–Crippen MR) is 91.2 cm³/mol. The number of aromatic hydroxyl groups is 1. The van der Waals surface area contributed by atoms with E-state index in [1.807, 2.05) is 12.1 Å². The molecule has 1 aliphatic rings. The highest BCUT2D eigenvalue weighted by molar-refractivity contribution is 5.27. The fourth-order valence-corrected chi connectivity index (χ4v) is 2.80. The molecule has 0 aromatic heterocycles. The molecule has 0 saturated carbocycles. The number of phenolic OH excluding ortho intramolecular Hbond substituents is 1. The summed E-state index contributed by atoms with van der Waals surface area (Å²) in [5, 5.41) is 12.9. The Morgan fingerprint density at radius 2 is 1.61 bits per heavy atom. The summed E-state index contributed by atoms with van der Waals surface area (Å²) >= 11 is 0. The van der Waals surface area contributed by atoms with E-state index in [2.05, 4.69) is 34.5 Å². The van der Waals surface area contributed by atoms with Crippen LogP contribution in [-0.4, -0.2) is 36.3 Å². The number of ether oxygens (including phenoxy) is 1. The molecule has 4 nitrogen and oxygen atoms in total. The Balaban J connectivity index is 1.45. The molecule has 0 aliphatic carbocycles. The van der Waals surface area contributed by atoms with E-state index in [0.29, 0.717) is 5.75 Å². The molecule has 2 aromatic carbocycles. The van der Waals surface area contributed by atoms with Crippen LogP contribution in [0.1, 0.15) is 16.7 Å². The second kappa shape index (κ2) is 8.11. The third-order valence-corrected chi connectivity index (χ3v) is 4.10. The monoisotopic (exact) mass is 312 g/mol. The van der Waals surface area contributed by atoms with Crippen molar-refractivity contribution < 1.29 is 9.84 Å². The van der Waals surface area contributed by atoms with Crippen molar-refractivity contribution in [3.8, 4) is 5.75 Å². The molecule has 23 heavy (non-hydrogen) atoms. The molecule has 1 fully saturated rings. The quantitative estimate of drug-likeness (QED) is 0.860. The van der Waals surface area contributed by atoms with Crippen molar-refractivity contribution in [3.05, 3.63) is 65.2 Å². The van der Waals surface area contributed by atoms with Gasteiger partial charge in [0.1, 0.15) is 5.75 Å². The first-order valence-electron chi connectivity index (χ1n) is 8.16. The third-order valence-electron chi connectivity index (χ3n) is 4.10. The molecule has 1 heterocycles. The van der Waals surface area contributed by atoms with Gasteiger partial charge in [0.25, 0.3) is 0 Å². The standard InChI is InChI=1S/C19H24N2O2/c22-19-3-1-2-18(12-19)14-20-13-16-4-6-17(7-5-16)15-21-8-10-23-11-9-21/h1-7,12,20,22H,8-11,13-15H2. The van der Waals surface area contributed by atoms with Gasteiger partial charge in [0, 0.05) is 32.7 Å². The minimum Gasteiger partial charge on any atom is -0.508 e. The fraction of sp³-hybridized carbons (Fsp3) is 0.368. The molecule has 0 radical (unpaired) electrons. The van der Waals surface area contributed by atoms with Gasteiger partial charge in [-0.25, -0.2) is 0 Å². The minimum absolute atomic E-state index is 0.316. The van der Waals surface area contributed by atoms with Gasteiger partial charge in [0.05, 0.1) is 13.2 Å². The van der Waals surface area contributed by atoms with Gasteiger partial charge in [-0.3, -0.25) is 4.90 Å². The van der Waals surface area contributed by atoms with Gasteiger partial charge in [-0.2, -0.15) is 0 Å². The molecule has 1 saturated heterocycles. The maximum absolute atomic E-state index is 9.46. The third kappa shape index (κ3) is 5.06. The Kier molecular flexibility index (Phi) is 5.64. The van der Waals surface area contributed by atoms with Crippen molar-refractivity contribution in [1.82, 2.24) is 10.2 Å². The van der Waals surface area contributed by atoms with Crippen LogP contribution in [0, 0.1) is 0 Å². The van der Waals surface area contributed by atoms with Crippen LogP contribution in [0.25, 0.3) is 0 Å². The summed E-state index contributed by atoms with van der Waals surface area (Å²) in [6, 6.07) is 16.2. The number of nitrogens with zero attached hydrogens (tertiary/aromatic N) is 1. The first-order valence-corrected chi connectivity index (χ1v) is 8.16. The van der Waals surface area contributed by atoms with Crippen LogP contribution in [0.3, 0.4) is 0 Å². The van der Waals surface area contributed by atoms with E-state index in [9.17, 15) is 5.11 Å². The summed E-state index contributed by atoms with van der Waals surface area (Å²) in [5.74, 6) is 0.316. The van der Waals surface area contributed by atoms with Crippen molar-refractivity contribution >= 4 is 0 Å². The number of benzene rings is 2. The largest absolute Gasteiger partial charge is 0.508 e. The summed E-state index contributed by atoms with van der Waals surface area (Å²) in [6.07, 6.45) is 0. The molecule has 0 bridgehead atoms. The van der Waals surface area contributed by atoms with E-state index >= 15 is 0 Å². The number of hydrogen-bond acceptors (Lipinski definition) is 4. The number of hydrogen-bond donors (Lipinski definition) is 2. The van der Waals surface area contributed by atoms with E-state index in [4.69, 9.17) is 4.74 Å². The van der Waals surface area contributed by atoms with Crippen molar-refractivity contribution in [2.24, 2.45) is 0 Å². The highest BCUT2D eigenvalue weighted by Crippen LogP contribution is 2.12. The molecule has 0 unspecified atom stereocenters. The molecular weight excluding hydrogens is 288 g/mol. The number of phenols is 1. The Labute approximate surface area is 137 Å². The smallest absolute Gasteiger partial charge is 0.115 e. The summed E-state index contributed by atoms with van der Waals surface area (Å²) in [5.41, 5.74) is 3.72. The Bertz CT molecular complexity index is 607. The average Bonchev–Trinajstić information content (AvgIpc) is 2.58. The van der Waals surface area contributed by atoms with Crippen molar-refractivity contribution in [3.63, 3.8) is 0 Å². The Morgan fingerprint density at radius 1 is 0.913 bits per heavy atom. The number of nitrogens with one attached hydrogen (secondary N) is 1. The normalized spacial score (nSPS) is 15.7. The zero-order valence-corrected chi connectivity index (χ0v) is 13.4. The van der Waals surface area contributed by atoms with E-state index in [0.717, 1.165) is 51.5 Å². The first-order chi connectivity index (χ1) is 11.3. The second-order valence-corrected chi connectivity index (χ2v) is 5.98. The van der Waals surface area contributed by atoms with E-state index in [-0.39, 0.29) is 0 Å². The van der Waals surface area contributed by atoms with Gasteiger partial charge in [-0.15, -0.1) is 0 Å². The molecule has 2 aromatic rings. The van der Waals surface area contributed by atoms with Gasteiger partial charge in [-0.1, -0.05) is 36.4 Å². The molecule has 1 aliphatic heterocycles. The Hall–Kier alpha value is -1.88. The van der Waals surface area contributed by atoms with E-state index < -0.39 is 0 Å². The van der Waals surface area contributed by atoms with Crippen molar-refractivity contribution in [2.45, 2.75) is 19.6 Å². The highest BCUT2D eigenvalue weighted by Gasteiger charge is 2.10. The molecule has 0 amide bonds. The number of rotatable bonds is 6. The van der Waals surface area contributed by atoms with Gasteiger partial charge in [0.15, 0.2) is 0 Å². The highest BCUT2D eigenvalue weighted by atomic mass is 16.5. The van der Waals surface area contributed by atoms with Crippen LogP contribution in [0.4, 0.5) is 0 Å². The van der Waals surface area contributed by atoms with E-state index in [1.165, 1.54) is 11.1 Å². The maximum atomic E-state index is 9.46. The predicted octanol–water partition coefficient (Wildman–Crippen LogP) is 2.51. The van der Waals surface area contributed by atoms with Crippen LogP contribution < -0.4 is 5.32 Å². The van der Waals surface area contributed by atoms with Crippen molar-refractivity contribution in [1.29, 1.82) is 0 Å². The second-order valence-electron chi connectivity index (χ2n) is 5.98. The topological polar surface area (TPSA) is 44.7 Å². The molecule has 122 valence electrons. The average molecular weight is 312 g/mol. The molecule has 4 heteroatoms. The summed E-state index contributed by atoms with van der Waals surface area (Å²) < 4.78 is 5.38. The molecular formula is C19H24N2O2. The van der Waals surface area contributed by atoms with Crippen LogP contribution in [0.2, 0.25) is 0 Å². The van der Waals surface area contributed by atoms with Gasteiger partial charge in [-0.05, 0) is 28.8 Å². The minimum atomic E-state index is 0.316. The lowest BCUT2D eigenvalue weighted by Crippen LogP contribution is -2.35. The first kappa shape index (κ1) is 16.0. The number of morpholine rings is 1. The molecule has 0 spiro atoms. The maximum Gasteiger partial charge on any atom is 0.115 e. The summed E-state index contributed by atoms with van der Waals surface area (Å²) in [6.45, 7) is 6.31. The van der Waals surface area contributed by atoms with Crippen LogP contribution >= 0.6 is 0 Å². The van der Waals surface area contributed by atoms with Crippen LogP contribution in [0.5, 0.6) is 5.75 Å². The van der Waals surface area contributed by atoms with Crippen molar-refractivity contribution in [2.75, 3.05) is 26.3 Å². The van der Waals surface area contributed by atoms with Crippen LogP contribution in [-0.2, 0) is 24.4 Å². The fourth-order valence-electron chi connectivity index (χ4n) is 2.80. The lowest BCUT2D eigenvalue weighted by atomic mass is 10.1. The van der Waals surface area contributed by atoms with Gasteiger partial charge in [0.2, 0.25) is 0 Å².